The predicted octanol–water partition coefficient (Wildman–Crippen LogP) is 2.32. The number of thiophene rings is 1. The number of aromatic nitrogens is 4. The van der Waals surface area contributed by atoms with E-state index < -0.39 is 0 Å². The molecule has 1 N–H and O–H groups in total. The second-order valence-electron chi connectivity index (χ2n) is 4.15. The first-order valence-electron chi connectivity index (χ1n) is 6.27. The SMILES string of the molecule is C/C=C/n1cnc2c(sc3ncnc(NCC)c32)c1=O. The van der Waals surface area contributed by atoms with E-state index in [1.807, 2.05) is 13.8 Å². The molecule has 0 amide bonds. The molecule has 0 radical (unpaired) electrons. The van der Waals surface area contributed by atoms with Gasteiger partial charge in [0.25, 0.3) is 5.56 Å². The molecule has 3 aromatic heterocycles. The van der Waals surface area contributed by atoms with Crippen molar-refractivity contribution in [3.05, 3.63) is 29.1 Å². The largest absolute Gasteiger partial charge is 0.370 e. The van der Waals surface area contributed by atoms with Crippen LogP contribution in [0.25, 0.3) is 26.6 Å². The first-order chi connectivity index (χ1) is 9.76. The molecule has 0 unspecified atom stereocenters. The second-order valence-corrected chi connectivity index (χ2v) is 5.15. The molecule has 0 spiro atoms. The zero-order chi connectivity index (χ0) is 14.1. The maximum absolute atomic E-state index is 12.4. The van der Waals surface area contributed by atoms with Gasteiger partial charge < -0.3 is 5.32 Å². The van der Waals surface area contributed by atoms with E-state index in [1.54, 1.807) is 12.3 Å². The minimum absolute atomic E-state index is 0.0847. The van der Waals surface area contributed by atoms with Crippen LogP contribution in [0.1, 0.15) is 13.8 Å². The third-order valence-corrected chi connectivity index (χ3v) is 3.93. The molecule has 20 heavy (non-hydrogen) atoms. The molecule has 0 aliphatic heterocycles. The molecule has 6 nitrogen and oxygen atoms in total. The fourth-order valence-corrected chi connectivity index (χ4v) is 3.08. The van der Waals surface area contributed by atoms with E-state index in [9.17, 15) is 4.79 Å². The summed E-state index contributed by atoms with van der Waals surface area (Å²) in [7, 11) is 0. The number of nitrogens with one attached hydrogen (secondary N) is 1. The van der Waals surface area contributed by atoms with Gasteiger partial charge in [-0.2, -0.15) is 0 Å². The van der Waals surface area contributed by atoms with Crippen LogP contribution in [0.4, 0.5) is 5.82 Å². The average Bonchev–Trinajstić information content (AvgIpc) is 2.83. The number of hydrogen-bond donors (Lipinski definition) is 1. The monoisotopic (exact) mass is 287 g/mol. The Labute approximate surface area is 118 Å². The van der Waals surface area contributed by atoms with Crippen LogP contribution in [-0.2, 0) is 0 Å². The summed E-state index contributed by atoms with van der Waals surface area (Å²) in [4.78, 5) is 26.0. The van der Waals surface area contributed by atoms with E-state index in [0.717, 1.165) is 22.6 Å². The summed E-state index contributed by atoms with van der Waals surface area (Å²) in [5, 5.41) is 4.00. The molecule has 0 saturated carbocycles. The fraction of sp³-hybridized carbons (Fsp3) is 0.231. The molecular formula is C13H13N5OS. The third kappa shape index (κ3) is 1.87. The summed E-state index contributed by atoms with van der Waals surface area (Å²) in [6.07, 6.45) is 6.52. The molecule has 7 heteroatoms. The van der Waals surface area contributed by atoms with Crippen LogP contribution in [0, 0.1) is 0 Å². The Morgan fingerprint density at radius 3 is 3.00 bits per heavy atom. The Balaban J connectivity index is 2.40. The predicted molar refractivity (Wildman–Crippen MR) is 82.1 cm³/mol. The molecular weight excluding hydrogens is 274 g/mol. The molecule has 0 aliphatic rings. The van der Waals surface area contributed by atoms with E-state index in [0.29, 0.717) is 10.2 Å². The van der Waals surface area contributed by atoms with Gasteiger partial charge in [-0.1, -0.05) is 6.08 Å². The highest BCUT2D eigenvalue weighted by molar-refractivity contribution is 7.25. The van der Waals surface area contributed by atoms with Gasteiger partial charge in [-0.25, -0.2) is 15.0 Å². The molecule has 0 aromatic carbocycles. The van der Waals surface area contributed by atoms with Crippen molar-refractivity contribution < 1.29 is 0 Å². The number of anilines is 1. The van der Waals surface area contributed by atoms with Gasteiger partial charge in [0, 0.05) is 12.7 Å². The van der Waals surface area contributed by atoms with Crippen molar-refractivity contribution in [1.29, 1.82) is 0 Å². The van der Waals surface area contributed by atoms with Crippen LogP contribution in [0.2, 0.25) is 0 Å². The highest BCUT2D eigenvalue weighted by Crippen LogP contribution is 2.32. The first kappa shape index (κ1) is 12.7. The molecule has 3 rings (SSSR count). The lowest BCUT2D eigenvalue weighted by Crippen LogP contribution is -2.14. The molecule has 3 aromatic rings. The van der Waals surface area contributed by atoms with Crippen LogP contribution in [0.3, 0.4) is 0 Å². The second kappa shape index (κ2) is 5.01. The van der Waals surface area contributed by atoms with Gasteiger partial charge in [-0.3, -0.25) is 9.36 Å². The van der Waals surface area contributed by atoms with Gasteiger partial charge in [0.1, 0.15) is 33.5 Å². The zero-order valence-electron chi connectivity index (χ0n) is 11.1. The summed E-state index contributed by atoms with van der Waals surface area (Å²) in [6.45, 7) is 4.60. The number of hydrogen-bond acceptors (Lipinski definition) is 6. The van der Waals surface area contributed by atoms with Crippen molar-refractivity contribution in [2.75, 3.05) is 11.9 Å². The quantitative estimate of drug-likeness (QED) is 0.800. The molecule has 102 valence electrons. The lowest BCUT2D eigenvalue weighted by molar-refractivity contribution is 1.03. The highest BCUT2D eigenvalue weighted by Gasteiger charge is 2.15. The Morgan fingerprint density at radius 2 is 2.25 bits per heavy atom. The maximum atomic E-state index is 12.4. The Kier molecular flexibility index (Phi) is 3.19. The lowest BCUT2D eigenvalue weighted by atomic mass is 10.3. The Morgan fingerprint density at radius 1 is 1.40 bits per heavy atom. The number of fused-ring (bicyclic) bond motifs is 3. The Hall–Kier alpha value is -2.28. The molecule has 0 saturated heterocycles. The van der Waals surface area contributed by atoms with Crippen molar-refractivity contribution in [3.8, 4) is 0 Å². The van der Waals surface area contributed by atoms with E-state index in [4.69, 9.17) is 0 Å². The highest BCUT2D eigenvalue weighted by atomic mass is 32.1. The minimum Gasteiger partial charge on any atom is -0.370 e. The van der Waals surface area contributed by atoms with Gasteiger partial charge in [0.15, 0.2) is 0 Å². The number of allylic oxidation sites excluding steroid dienone is 1. The van der Waals surface area contributed by atoms with Crippen molar-refractivity contribution >= 4 is 43.8 Å². The lowest BCUT2D eigenvalue weighted by Gasteiger charge is -2.02. The van der Waals surface area contributed by atoms with Crippen LogP contribution in [0.15, 0.2) is 23.5 Å². The van der Waals surface area contributed by atoms with Crippen LogP contribution in [-0.4, -0.2) is 26.1 Å². The van der Waals surface area contributed by atoms with Crippen LogP contribution < -0.4 is 10.9 Å². The topological polar surface area (TPSA) is 72.7 Å². The average molecular weight is 287 g/mol. The van der Waals surface area contributed by atoms with Gasteiger partial charge in [-0.05, 0) is 13.8 Å². The molecule has 0 atom stereocenters. The van der Waals surface area contributed by atoms with Crippen molar-refractivity contribution in [1.82, 2.24) is 19.5 Å². The first-order valence-corrected chi connectivity index (χ1v) is 7.09. The van der Waals surface area contributed by atoms with Gasteiger partial charge in [0.2, 0.25) is 0 Å². The summed E-state index contributed by atoms with van der Waals surface area (Å²) in [5.74, 6) is 0.722. The molecule has 0 fully saturated rings. The minimum atomic E-state index is -0.0847. The van der Waals surface area contributed by atoms with Crippen molar-refractivity contribution in [2.24, 2.45) is 0 Å². The summed E-state index contributed by atoms with van der Waals surface area (Å²) >= 11 is 1.35. The van der Waals surface area contributed by atoms with Gasteiger partial charge in [0.05, 0.1) is 5.39 Å². The van der Waals surface area contributed by atoms with E-state index in [2.05, 4.69) is 20.3 Å². The van der Waals surface area contributed by atoms with Crippen molar-refractivity contribution in [2.45, 2.75) is 13.8 Å². The van der Waals surface area contributed by atoms with E-state index in [1.165, 1.54) is 28.6 Å². The van der Waals surface area contributed by atoms with E-state index in [-0.39, 0.29) is 5.56 Å². The number of rotatable bonds is 3. The summed E-state index contributed by atoms with van der Waals surface area (Å²) < 4.78 is 2.07. The van der Waals surface area contributed by atoms with Gasteiger partial charge in [-0.15, -0.1) is 11.3 Å². The Bertz CT molecular complexity index is 864. The summed E-state index contributed by atoms with van der Waals surface area (Å²) in [5.41, 5.74) is 0.575. The van der Waals surface area contributed by atoms with Gasteiger partial charge >= 0.3 is 0 Å². The molecule has 3 heterocycles. The van der Waals surface area contributed by atoms with Crippen LogP contribution in [0.5, 0.6) is 0 Å². The molecule has 0 aliphatic carbocycles. The summed E-state index contributed by atoms with van der Waals surface area (Å²) in [6, 6.07) is 0. The fourth-order valence-electron chi connectivity index (χ4n) is 2.04. The van der Waals surface area contributed by atoms with Crippen molar-refractivity contribution in [3.63, 3.8) is 0 Å². The zero-order valence-corrected chi connectivity index (χ0v) is 11.9. The van der Waals surface area contributed by atoms with E-state index >= 15 is 0 Å². The normalized spacial score (nSPS) is 11.7. The smallest absolute Gasteiger partial charge is 0.275 e. The third-order valence-electron chi connectivity index (χ3n) is 2.86. The maximum Gasteiger partial charge on any atom is 0.275 e. The number of nitrogens with zero attached hydrogens (tertiary/aromatic N) is 4. The van der Waals surface area contributed by atoms with Crippen LogP contribution >= 0.6 is 11.3 Å². The molecule has 0 bridgehead atoms. The standard InChI is InChI=1S/C13H13N5OS/c1-3-5-18-7-17-9-8-11(14-4-2)15-6-16-12(8)20-10(9)13(18)19/h3,5-7H,4H2,1-2H3,(H,14,15,16)/b5-3+.